The van der Waals surface area contributed by atoms with Gasteiger partial charge in [0.1, 0.15) is 0 Å². The van der Waals surface area contributed by atoms with E-state index >= 15 is 0 Å². The second-order valence-electron chi connectivity index (χ2n) is 4.31. The molecule has 0 aliphatic carbocycles. The summed E-state index contributed by atoms with van der Waals surface area (Å²) in [7, 11) is 0. The number of rotatable bonds is 0. The van der Waals surface area contributed by atoms with Crippen LogP contribution in [0, 0.1) is 0 Å². The molecule has 0 amide bonds. The molecule has 0 saturated heterocycles. The van der Waals surface area contributed by atoms with Crippen LogP contribution in [-0.4, -0.2) is 9.55 Å². The minimum atomic E-state index is 0.140. The number of fused-ring (bicyclic) bond motifs is 1. The van der Waals surface area contributed by atoms with Gasteiger partial charge in [-0.2, -0.15) is 0 Å². The fraction of sp³-hybridized carbons (Fsp3) is 0.364. The molecule has 0 aromatic carbocycles. The van der Waals surface area contributed by atoms with Gasteiger partial charge in [-0.25, -0.2) is 0 Å². The van der Waals surface area contributed by atoms with E-state index in [1.54, 1.807) is 0 Å². The van der Waals surface area contributed by atoms with Gasteiger partial charge in [-0.1, -0.05) is 0 Å². The number of pyridine rings is 1. The maximum absolute atomic E-state index is 4.29. The Bertz CT molecular complexity index is 388. The number of aromatic nitrogens is 2. The number of hydrogen-bond donors (Lipinski definition) is 0. The standard InChI is InChI=1S/C11H14N2/c1-11(2,3)13-7-9-5-4-6-12-10(9)8-13/h4-8H,1-3H3. The van der Waals surface area contributed by atoms with Crippen LogP contribution in [0.5, 0.6) is 0 Å². The highest BCUT2D eigenvalue weighted by atomic mass is 15.0. The van der Waals surface area contributed by atoms with Gasteiger partial charge in [0.2, 0.25) is 0 Å². The lowest BCUT2D eigenvalue weighted by molar-refractivity contribution is 0.399. The zero-order valence-electron chi connectivity index (χ0n) is 8.28. The first-order chi connectivity index (χ1) is 6.07. The van der Waals surface area contributed by atoms with Crippen LogP contribution in [0.15, 0.2) is 30.7 Å². The van der Waals surface area contributed by atoms with Crippen LogP contribution in [-0.2, 0) is 5.54 Å². The van der Waals surface area contributed by atoms with Gasteiger partial charge in [-0.3, -0.25) is 4.98 Å². The molecular formula is C11H14N2. The summed E-state index contributed by atoms with van der Waals surface area (Å²) in [4.78, 5) is 4.29. The van der Waals surface area contributed by atoms with E-state index in [-0.39, 0.29) is 5.54 Å². The van der Waals surface area contributed by atoms with E-state index < -0.39 is 0 Å². The van der Waals surface area contributed by atoms with E-state index in [1.165, 1.54) is 5.39 Å². The summed E-state index contributed by atoms with van der Waals surface area (Å²) in [6.45, 7) is 6.56. The average molecular weight is 174 g/mol. The van der Waals surface area contributed by atoms with E-state index in [9.17, 15) is 0 Å². The fourth-order valence-corrected chi connectivity index (χ4v) is 1.35. The summed E-state index contributed by atoms with van der Waals surface area (Å²) in [6, 6.07) is 4.06. The van der Waals surface area contributed by atoms with Gasteiger partial charge >= 0.3 is 0 Å². The van der Waals surface area contributed by atoms with Crippen molar-refractivity contribution in [2.75, 3.05) is 0 Å². The maximum atomic E-state index is 4.29. The molecule has 0 aliphatic rings. The highest BCUT2D eigenvalue weighted by Gasteiger charge is 2.12. The van der Waals surface area contributed by atoms with Crippen molar-refractivity contribution in [1.29, 1.82) is 0 Å². The molecule has 0 saturated carbocycles. The summed E-state index contributed by atoms with van der Waals surface area (Å²) in [6.07, 6.45) is 6.06. The Kier molecular flexibility index (Phi) is 1.65. The monoisotopic (exact) mass is 174 g/mol. The van der Waals surface area contributed by atoms with Crippen molar-refractivity contribution in [2.45, 2.75) is 26.3 Å². The van der Waals surface area contributed by atoms with Crippen LogP contribution in [0.2, 0.25) is 0 Å². The Morgan fingerprint density at radius 3 is 2.62 bits per heavy atom. The normalized spacial score (nSPS) is 12.2. The summed E-state index contributed by atoms with van der Waals surface area (Å²) in [5, 5.41) is 1.21. The fourth-order valence-electron chi connectivity index (χ4n) is 1.35. The molecule has 0 fully saturated rings. The molecule has 2 nitrogen and oxygen atoms in total. The van der Waals surface area contributed by atoms with Crippen LogP contribution < -0.4 is 0 Å². The molecule has 0 atom stereocenters. The Balaban J connectivity index is 2.63. The first-order valence-corrected chi connectivity index (χ1v) is 4.50. The minimum Gasteiger partial charge on any atom is -0.346 e. The lowest BCUT2D eigenvalue weighted by Crippen LogP contribution is -2.19. The lowest BCUT2D eigenvalue weighted by Gasteiger charge is -2.20. The number of nitrogens with zero attached hydrogens (tertiary/aromatic N) is 2. The molecule has 2 heteroatoms. The molecule has 0 unspecified atom stereocenters. The van der Waals surface area contributed by atoms with E-state index in [4.69, 9.17) is 0 Å². The van der Waals surface area contributed by atoms with Crippen molar-refractivity contribution in [3.63, 3.8) is 0 Å². The Labute approximate surface area is 78.2 Å². The zero-order valence-corrected chi connectivity index (χ0v) is 8.28. The molecule has 2 rings (SSSR count). The molecule has 0 N–H and O–H groups in total. The van der Waals surface area contributed by atoms with Crippen LogP contribution in [0.4, 0.5) is 0 Å². The summed E-state index contributed by atoms with van der Waals surface area (Å²) in [5.74, 6) is 0. The van der Waals surface area contributed by atoms with Crippen molar-refractivity contribution >= 4 is 10.9 Å². The van der Waals surface area contributed by atoms with E-state index in [0.717, 1.165) is 5.52 Å². The molecule has 2 aromatic rings. The molecule has 0 bridgehead atoms. The first-order valence-electron chi connectivity index (χ1n) is 4.50. The molecule has 0 radical (unpaired) electrons. The molecule has 0 spiro atoms. The van der Waals surface area contributed by atoms with Gasteiger partial charge in [0.25, 0.3) is 0 Å². The van der Waals surface area contributed by atoms with Crippen molar-refractivity contribution in [1.82, 2.24) is 9.55 Å². The molecule has 2 heterocycles. The molecule has 0 aliphatic heterocycles. The minimum absolute atomic E-state index is 0.140. The third-order valence-corrected chi connectivity index (χ3v) is 2.19. The van der Waals surface area contributed by atoms with Gasteiger partial charge in [0.05, 0.1) is 5.52 Å². The third-order valence-electron chi connectivity index (χ3n) is 2.19. The highest BCUT2D eigenvalue weighted by Crippen LogP contribution is 2.19. The van der Waals surface area contributed by atoms with Gasteiger partial charge in [-0.15, -0.1) is 0 Å². The van der Waals surface area contributed by atoms with Crippen LogP contribution in [0.25, 0.3) is 10.9 Å². The van der Waals surface area contributed by atoms with Gasteiger partial charge in [0.15, 0.2) is 0 Å². The van der Waals surface area contributed by atoms with E-state index in [1.807, 2.05) is 12.3 Å². The van der Waals surface area contributed by atoms with Crippen molar-refractivity contribution in [3.05, 3.63) is 30.7 Å². The van der Waals surface area contributed by atoms with E-state index in [0.29, 0.717) is 0 Å². The molecule has 2 aromatic heterocycles. The predicted molar refractivity (Wildman–Crippen MR) is 54.7 cm³/mol. The second kappa shape index (κ2) is 2.59. The Morgan fingerprint density at radius 1 is 1.23 bits per heavy atom. The topological polar surface area (TPSA) is 17.8 Å². The van der Waals surface area contributed by atoms with Crippen molar-refractivity contribution in [2.24, 2.45) is 0 Å². The van der Waals surface area contributed by atoms with Gasteiger partial charge in [-0.05, 0) is 32.9 Å². The first kappa shape index (κ1) is 8.30. The molecular weight excluding hydrogens is 160 g/mol. The molecule has 68 valence electrons. The average Bonchev–Trinajstić information content (AvgIpc) is 2.45. The molecule has 13 heavy (non-hydrogen) atoms. The number of hydrogen-bond acceptors (Lipinski definition) is 1. The highest BCUT2D eigenvalue weighted by molar-refractivity contribution is 5.77. The van der Waals surface area contributed by atoms with E-state index in [2.05, 4.69) is 48.8 Å². The zero-order chi connectivity index (χ0) is 9.47. The van der Waals surface area contributed by atoms with Crippen LogP contribution >= 0.6 is 0 Å². The van der Waals surface area contributed by atoms with Crippen LogP contribution in [0.3, 0.4) is 0 Å². The predicted octanol–water partition coefficient (Wildman–Crippen LogP) is 2.79. The second-order valence-corrected chi connectivity index (χ2v) is 4.31. The Morgan fingerprint density at radius 2 is 2.00 bits per heavy atom. The van der Waals surface area contributed by atoms with Crippen molar-refractivity contribution in [3.8, 4) is 0 Å². The van der Waals surface area contributed by atoms with Crippen molar-refractivity contribution < 1.29 is 0 Å². The smallest absolute Gasteiger partial charge is 0.0878 e. The van der Waals surface area contributed by atoms with Gasteiger partial charge in [0, 0.05) is 29.5 Å². The van der Waals surface area contributed by atoms with Crippen LogP contribution in [0.1, 0.15) is 20.8 Å². The summed E-state index contributed by atoms with van der Waals surface area (Å²) < 4.78 is 2.20. The Hall–Kier alpha value is -1.31. The van der Waals surface area contributed by atoms with Gasteiger partial charge < -0.3 is 4.57 Å². The SMILES string of the molecule is CC(C)(C)n1cc2cccnc2c1. The quantitative estimate of drug-likeness (QED) is 0.600. The summed E-state index contributed by atoms with van der Waals surface area (Å²) in [5.41, 5.74) is 1.21. The largest absolute Gasteiger partial charge is 0.346 e. The lowest BCUT2D eigenvalue weighted by atomic mass is 10.1. The third kappa shape index (κ3) is 1.44. The summed E-state index contributed by atoms with van der Waals surface area (Å²) >= 11 is 0. The maximum Gasteiger partial charge on any atom is 0.0878 e.